The summed E-state index contributed by atoms with van der Waals surface area (Å²) in [4.78, 5) is 12.0. The number of carbonyl (C=O) groups is 1. The van der Waals surface area contributed by atoms with Gasteiger partial charge >= 0.3 is 5.97 Å². The topological polar surface area (TPSA) is 38.8 Å². The molecular formula is C20H28O3. The Balaban J connectivity index is 1.82. The van der Waals surface area contributed by atoms with Crippen molar-refractivity contribution in [2.24, 2.45) is 0 Å². The molecule has 2 aliphatic heterocycles. The van der Waals surface area contributed by atoms with Crippen molar-refractivity contribution in [2.45, 2.75) is 84.0 Å². The molecule has 3 unspecified atom stereocenters. The molecule has 0 bridgehead atoms. The van der Waals surface area contributed by atoms with Crippen LogP contribution < -0.4 is 0 Å². The molecule has 3 heteroatoms. The molecule has 0 aromatic heterocycles. The van der Waals surface area contributed by atoms with Crippen molar-refractivity contribution in [2.75, 3.05) is 0 Å². The fourth-order valence-corrected chi connectivity index (χ4v) is 3.69. The molecule has 3 rings (SSSR count). The average Bonchev–Trinajstić information content (AvgIpc) is 3.06. The highest BCUT2D eigenvalue weighted by atomic mass is 16.6. The van der Waals surface area contributed by atoms with E-state index in [0.717, 1.165) is 49.7 Å². The van der Waals surface area contributed by atoms with E-state index in [1.165, 1.54) is 11.1 Å². The van der Waals surface area contributed by atoms with Gasteiger partial charge in [-0.1, -0.05) is 17.2 Å². The first-order valence-corrected chi connectivity index (χ1v) is 8.80. The highest BCUT2D eigenvalue weighted by molar-refractivity contribution is 5.92. The second kappa shape index (κ2) is 6.27. The summed E-state index contributed by atoms with van der Waals surface area (Å²) < 4.78 is 11.5. The molecule has 0 aromatic rings. The van der Waals surface area contributed by atoms with E-state index in [0.29, 0.717) is 6.10 Å². The van der Waals surface area contributed by atoms with Gasteiger partial charge in [0.2, 0.25) is 0 Å². The normalized spacial score (nSPS) is 40.1. The SMILES string of the molecule is CC1=C2CCC3(C)OC3CC/C(C)=C\CC/C(C)=C/C2OC1=O. The maximum atomic E-state index is 12.0. The van der Waals surface area contributed by atoms with Crippen LogP contribution in [0.4, 0.5) is 0 Å². The molecule has 0 spiro atoms. The first kappa shape index (κ1) is 16.5. The number of hydrogen-bond donors (Lipinski definition) is 0. The molecule has 0 N–H and O–H groups in total. The van der Waals surface area contributed by atoms with Gasteiger partial charge in [-0.3, -0.25) is 0 Å². The molecule has 0 radical (unpaired) electrons. The molecule has 1 saturated heterocycles. The van der Waals surface area contributed by atoms with Gasteiger partial charge in [0.1, 0.15) is 6.10 Å². The lowest BCUT2D eigenvalue weighted by Gasteiger charge is -2.14. The Labute approximate surface area is 139 Å². The van der Waals surface area contributed by atoms with Crippen molar-refractivity contribution in [3.63, 3.8) is 0 Å². The first-order chi connectivity index (χ1) is 10.9. The molecule has 3 nitrogen and oxygen atoms in total. The monoisotopic (exact) mass is 316 g/mol. The standard InChI is InChI=1S/C20H28O3/c1-13-6-5-7-14(2)12-17-16(15(3)19(21)22-17)10-11-20(4)18(23-20)9-8-13/h6,12,17-18H,5,7-11H2,1-4H3/b13-6-,14-12+. The zero-order valence-electron chi connectivity index (χ0n) is 14.8. The number of carbonyl (C=O) groups excluding carboxylic acids is 1. The fourth-order valence-electron chi connectivity index (χ4n) is 3.69. The highest BCUT2D eigenvalue weighted by Crippen LogP contribution is 2.45. The van der Waals surface area contributed by atoms with Gasteiger partial charge in [-0.05, 0) is 77.9 Å². The predicted molar refractivity (Wildman–Crippen MR) is 91.1 cm³/mol. The van der Waals surface area contributed by atoms with E-state index in [1.54, 1.807) is 0 Å². The maximum absolute atomic E-state index is 12.0. The Hall–Kier alpha value is -1.35. The highest BCUT2D eigenvalue weighted by Gasteiger charge is 2.51. The Bertz CT molecular complexity index is 596. The first-order valence-electron chi connectivity index (χ1n) is 8.80. The van der Waals surface area contributed by atoms with Gasteiger partial charge in [0.05, 0.1) is 11.7 Å². The van der Waals surface area contributed by atoms with Gasteiger partial charge in [-0.2, -0.15) is 0 Å². The van der Waals surface area contributed by atoms with Crippen molar-refractivity contribution in [1.82, 2.24) is 0 Å². The third-order valence-electron chi connectivity index (χ3n) is 5.56. The number of fused-ring (bicyclic) bond motifs is 2. The second-order valence-electron chi connectivity index (χ2n) is 7.54. The largest absolute Gasteiger partial charge is 0.450 e. The molecule has 1 aliphatic carbocycles. The second-order valence-corrected chi connectivity index (χ2v) is 7.54. The van der Waals surface area contributed by atoms with Gasteiger partial charge in [-0.25, -0.2) is 4.79 Å². The minimum atomic E-state index is -0.170. The van der Waals surface area contributed by atoms with Crippen LogP contribution in [-0.4, -0.2) is 23.8 Å². The molecule has 3 atom stereocenters. The third kappa shape index (κ3) is 3.60. The summed E-state index contributed by atoms with van der Waals surface area (Å²) in [6.07, 6.45) is 10.8. The Morgan fingerprint density at radius 1 is 1.13 bits per heavy atom. The Morgan fingerprint density at radius 3 is 2.70 bits per heavy atom. The van der Waals surface area contributed by atoms with Crippen molar-refractivity contribution in [3.8, 4) is 0 Å². The van der Waals surface area contributed by atoms with Gasteiger partial charge in [0.15, 0.2) is 0 Å². The summed E-state index contributed by atoms with van der Waals surface area (Å²) in [5.74, 6) is -0.160. The van der Waals surface area contributed by atoms with Gasteiger partial charge < -0.3 is 9.47 Å². The lowest BCUT2D eigenvalue weighted by molar-refractivity contribution is -0.138. The van der Waals surface area contributed by atoms with Crippen LogP contribution >= 0.6 is 0 Å². The summed E-state index contributed by atoms with van der Waals surface area (Å²) in [5.41, 5.74) is 4.67. The van der Waals surface area contributed by atoms with Crippen LogP contribution in [-0.2, 0) is 14.3 Å². The van der Waals surface area contributed by atoms with Gasteiger partial charge in [0.25, 0.3) is 0 Å². The molecule has 0 saturated carbocycles. The molecule has 1 fully saturated rings. The smallest absolute Gasteiger partial charge is 0.334 e. The van der Waals surface area contributed by atoms with Crippen LogP contribution in [0.5, 0.6) is 0 Å². The zero-order chi connectivity index (χ0) is 16.6. The van der Waals surface area contributed by atoms with E-state index < -0.39 is 0 Å². The van der Waals surface area contributed by atoms with Crippen molar-refractivity contribution in [3.05, 3.63) is 34.4 Å². The number of rotatable bonds is 0. The number of epoxide rings is 1. The maximum Gasteiger partial charge on any atom is 0.334 e. The van der Waals surface area contributed by atoms with E-state index in [9.17, 15) is 4.79 Å². The predicted octanol–water partition coefficient (Wildman–Crippen LogP) is 4.63. The molecule has 2 heterocycles. The summed E-state index contributed by atoms with van der Waals surface area (Å²) in [5, 5.41) is 0. The van der Waals surface area contributed by atoms with Crippen LogP contribution in [0, 0.1) is 0 Å². The Kier molecular flexibility index (Phi) is 4.50. The Morgan fingerprint density at radius 2 is 1.91 bits per heavy atom. The quantitative estimate of drug-likeness (QED) is 0.371. The van der Waals surface area contributed by atoms with E-state index >= 15 is 0 Å². The third-order valence-corrected chi connectivity index (χ3v) is 5.56. The molecule has 126 valence electrons. The minimum Gasteiger partial charge on any atom is -0.450 e. The molecule has 23 heavy (non-hydrogen) atoms. The molecule has 3 aliphatic rings. The van der Waals surface area contributed by atoms with E-state index in [-0.39, 0.29) is 17.7 Å². The lowest BCUT2D eigenvalue weighted by Crippen LogP contribution is -2.14. The average molecular weight is 316 g/mol. The van der Waals surface area contributed by atoms with Crippen molar-refractivity contribution < 1.29 is 14.3 Å². The molecule has 0 aromatic carbocycles. The zero-order valence-corrected chi connectivity index (χ0v) is 14.8. The fraction of sp³-hybridized carbons (Fsp3) is 0.650. The minimum absolute atomic E-state index is 0.0212. The van der Waals surface area contributed by atoms with Crippen LogP contribution in [0.15, 0.2) is 34.4 Å². The summed E-state index contributed by atoms with van der Waals surface area (Å²) in [6, 6.07) is 0. The number of hydrogen-bond acceptors (Lipinski definition) is 3. The van der Waals surface area contributed by atoms with Crippen LogP contribution in [0.25, 0.3) is 0 Å². The lowest BCUT2D eigenvalue weighted by atomic mass is 9.91. The number of esters is 1. The van der Waals surface area contributed by atoms with Crippen molar-refractivity contribution >= 4 is 5.97 Å². The van der Waals surface area contributed by atoms with Gasteiger partial charge in [0, 0.05) is 5.57 Å². The van der Waals surface area contributed by atoms with E-state index in [4.69, 9.17) is 9.47 Å². The van der Waals surface area contributed by atoms with Crippen molar-refractivity contribution in [1.29, 1.82) is 0 Å². The van der Waals surface area contributed by atoms with E-state index in [2.05, 4.69) is 32.9 Å². The number of allylic oxidation sites excluding steroid dienone is 3. The summed E-state index contributed by atoms with van der Waals surface area (Å²) in [6.45, 7) is 8.44. The molecular weight excluding hydrogens is 288 g/mol. The summed E-state index contributed by atoms with van der Waals surface area (Å²) >= 11 is 0. The van der Waals surface area contributed by atoms with Crippen LogP contribution in [0.2, 0.25) is 0 Å². The van der Waals surface area contributed by atoms with E-state index in [1.807, 2.05) is 6.92 Å². The summed E-state index contributed by atoms with van der Waals surface area (Å²) in [7, 11) is 0. The van der Waals surface area contributed by atoms with Crippen LogP contribution in [0.1, 0.15) is 66.2 Å². The van der Waals surface area contributed by atoms with Gasteiger partial charge in [-0.15, -0.1) is 0 Å². The molecule has 0 amide bonds. The number of ether oxygens (including phenoxy) is 2. The van der Waals surface area contributed by atoms with Crippen LogP contribution in [0.3, 0.4) is 0 Å².